The first-order valence-electron chi connectivity index (χ1n) is 6.61. The van der Waals surface area contributed by atoms with Crippen LogP contribution in [-0.4, -0.2) is 23.5 Å². The Bertz CT molecular complexity index is 229. The average Bonchev–Trinajstić information content (AvgIpc) is 2.29. The van der Waals surface area contributed by atoms with Crippen molar-refractivity contribution in [1.29, 1.82) is 0 Å². The molecule has 0 saturated carbocycles. The van der Waals surface area contributed by atoms with Gasteiger partial charge >= 0.3 is 5.97 Å². The molecule has 0 rings (SSSR count). The second-order valence-corrected chi connectivity index (χ2v) is 4.39. The number of aliphatic carboxylic acids is 1. The third kappa shape index (κ3) is 8.72. The molecule has 0 aromatic carbocycles. The lowest BCUT2D eigenvalue weighted by Gasteiger charge is -2.14. The van der Waals surface area contributed by atoms with Crippen LogP contribution in [0.3, 0.4) is 0 Å². The second kappa shape index (κ2) is 10.1. The Morgan fingerprint density at radius 2 is 1.88 bits per heavy atom. The van der Waals surface area contributed by atoms with Gasteiger partial charge in [-0.05, 0) is 25.7 Å². The number of amides is 1. The molecule has 0 bridgehead atoms. The maximum Gasteiger partial charge on any atom is 0.303 e. The molecule has 0 spiro atoms. The van der Waals surface area contributed by atoms with Crippen LogP contribution in [0.1, 0.15) is 58.8 Å². The van der Waals surface area contributed by atoms with E-state index in [9.17, 15) is 9.59 Å². The lowest BCUT2D eigenvalue weighted by Crippen LogP contribution is -2.31. The zero-order chi connectivity index (χ0) is 13.1. The number of hydrogen-bond acceptors (Lipinski definition) is 2. The average molecular weight is 243 g/mol. The van der Waals surface area contributed by atoms with Gasteiger partial charge in [-0.2, -0.15) is 0 Å². The Morgan fingerprint density at radius 1 is 1.18 bits per heavy atom. The summed E-state index contributed by atoms with van der Waals surface area (Å²) in [6.07, 6.45) is 5.58. The zero-order valence-electron chi connectivity index (χ0n) is 11.0. The summed E-state index contributed by atoms with van der Waals surface area (Å²) < 4.78 is 0. The van der Waals surface area contributed by atoms with Crippen molar-refractivity contribution in [2.75, 3.05) is 6.54 Å². The SMILES string of the molecule is CCCCC(CC)C(=O)NCCCCC(=O)O. The van der Waals surface area contributed by atoms with E-state index < -0.39 is 5.97 Å². The molecule has 4 nitrogen and oxygen atoms in total. The molecule has 0 heterocycles. The highest BCUT2D eigenvalue weighted by molar-refractivity contribution is 5.78. The number of carboxylic acids is 1. The number of carbonyl (C=O) groups is 2. The fourth-order valence-corrected chi connectivity index (χ4v) is 1.73. The standard InChI is InChI=1S/C13H25NO3/c1-3-5-8-11(4-2)13(17)14-10-7-6-9-12(15)16/h11H,3-10H2,1-2H3,(H,14,17)(H,15,16). The van der Waals surface area contributed by atoms with Crippen LogP contribution in [0.2, 0.25) is 0 Å². The summed E-state index contributed by atoms with van der Waals surface area (Å²) in [6.45, 7) is 4.75. The number of rotatable bonds is 10. The molecule has 0 aliphatic heterocycles. The van der Waals surface area contributed by atoms with Crippen molar-refractivity contribution in [3.8, 4) is 0 Å². The van der Waals surface area contributed by atoms with E-state index in [1.54, 1.807) is 0 Å². The summed E-state index contributed by atoms with van der Waals surface area (Å²) in [7, 11) is 0. The predicted molar refractivity (Wildman–Crippen MR) is 67.8 cm³/mol. The number of unbranched alkanes of at least 4 members (excludes halogenated alkanes) is 2. The maximum atomic E-state index is 11.7. The molecule has 0 aromatic rings. The van der Waals surface area contributed by atoms with E-state index in [0.29, 0.717) is 13.0 Å². The molecule has 1 unspecified atom stereocenters. The lowest BCUT2D eigenvalue weighted by molar-refractivity contribution is -0.137. The molecular formula is C13H25NO3. The lowest BCUT2D eigenvalue weighted by atomic mass is 9.98. The molecule has 0 aliphatic rings. The highest BCUT2D eigenvalue weighted by Gasteiger charge is 2.14. The van der Waals surface area contributed by atoms with Gasteiger partial charge in [0.1, 0.15) is 0 Å². The number of hydrogen-bond donors (Lipinski definition) is 2. The Labute approximate surface area is 104 Å². The van der Waals surface area contributed by atoms with Gasteiger partial charge < -0.3 is 10.4 Å². The van der Waals surface area contributed by atoms with E-state index in [1.165, 1.54) is 0 Å². The predicted octanol–water partition coefficient (Wildman–Crippen LogP) is 2.57. The van der Waals surface area contributed by atoms with Gasteiger partial charge in [0.05, 0.1) is 0 Å². The van der Waals surface area contributed by atoms with E-state index in [0.717, 1.165) is 32.1 Å². The molecular weight excluding hydrogens is 218 g/mol. The van der Waals surface area contributed by atoms with Crippen molar-refractivity contribution in [3.05, 3.63) is 0 Å². The molecule has 100 valence electrons. The van der Waals surface area contributed by atoms with Gasteiger partial charge in [-0.25, -0.2) is 0 Å². The smallest absolute Gasteiger partial charge is 0.303 e. The highest BCUT2D eigenvalue weighted by Crippen LogP contribution is 2.12. The normalized spacial score (nSPS) is 12.1. The van der Waals surface area contributed by atoms with Gasteiger partial charge in [-0.3, -0.25) is 9.59 Å². The van der Waals surface area contributed by atoms with Crippen molar-refractivity contribution in [3.63, 3.8) is 0 Å². The quantitative estimate of drug-likeness (QED) is 0.579. The Morgan fingerprint density at radius 3 is 2.41 bits per heavy atom. The summed E-state index contributed by atoms with van der Waals surface area (Å²) in [5.74, 6) is -0.531. The second-order valence-electron chi connectivity index (χ2n) is 4.39. The first-order chi connectivity index (χ1) is 8.11. The van der Waals surface area contributed by atoms with Gasteiger partial charge in [-0.1, -0.05) is 26.7 Å². The third-order valence-electron chi connectivity index (χ3n) is 2.89. The fourth-order valence-electron chi connectivity index (χ4n) is 1.73. The topological polar surface area (TPSA) is 66.4 Å². The molecule has 0 fully saturated rings. The summed E-state index contributed by atoms with van der Waals surface area (Å²) in [4.78, 5) is 22.0. The van der Waals surface area contributed by atoms with E-state index in [2.05, 4.69) is 12.2 Å². The summed E-state index contributed by atoms with van der Waals surface area (Å²) in [6, 6.07) is 0. The minimum absolute atomic E-state index is 0.120. The summed E-state index contributed by atoms with van der Waals surface area (Å²) in [5, 5.41) is 11.3. The molecule has 0 saturated heterocycles. The largest absolute Gasteiger partial charge is 0.481 e. The van der Waals surface area contributed by atoms with Crippen molar-refractivity contribution >= 4 is 11.9 Å². The number of nitrogens with one attached hydrogen (secondary N) is 1. The highest BCUT2D eigenvalue weighted by atomic mass is 16.4. The fraction of sp³-hybridized carbons (Fsp3) is 0.846. The summed E-state index contributed by atoms with van der Waals surface area (Å²) in [5.41, 5.74) is 0. The van der Waals surface area contributed by atoms with Crippen LogP contribution >= 0.6 is 0 Å². The number of carbonyl (C=O) groups excluding carboxylic acids is 1. The van der Waals surface area contributed by atoms with E-state index in [4.69, 9.17) is 5.11 Å². The zero-order valence-corrected chi connectivity index (χ0v) is 11.0. The monoisotopic (exact) mass is 243 g/mol. The Balaban J connectivity index is 3.64. The van der Waals surface area contributed by atoms with Crippen LogP contribution in [0, 0.1) is 5.92 Å². The first kappa shape index (κ1) is 15.9. The molecule has 1 amide bonds. The minimum Gasteiger partial charge on any atom is -0.481 e. The van der Waals surface area contributed by atoms with Crippen LogP contribution in [0.15, 0.2) is 0 Å². The molecule has 4 heteroatoms. The first-order valence-corrected chi connectivity index (χ1v) is 6.61. The van der Waals surface area contributed by atoms with Crippen LogP contribution in [-0.2, 0) is 9.59 Å². The molecule has 17 heavy (non-hydrogen) atoms. The van der Waals surface area contributed by atoms with Gasteiger partial charge in [0, 0.05) is 18.9 Å². The summed E-state index contributed by atoms with van der Waals surface area (Å²) >= 11 is 0. The number of carboxylic acid groups (broad SMARTS) is 1. The molecule has 0 aliphatic carbocycles. The van der Waals surface area contributed by atoms with Crippen molar-refractivity contribution in [2.45, 2.75) is 58.8 Å². The molecule has 2 N–H and O–H groups in total. The van der Waals surface area contributed by atoms with E-state index in [-0.39, 0.29) is 18.2 Å². The van der Waals surface area contributed by atoms with Gasteiger partial charge in [0.25, 0.3) is 0 Å². The van der Waals surface area contributed by atoms with Crippen molar-refractivity contribution in [1.82, 2.24) is 5.32 Å². The Kier molecular flexibility index (Phi) is 9.49. The Hall–Kier alpha value is -1.06. The van der Waals surface area contributed by atoms with Gasteiger partial charge in [0.2, 0.25) is 5.91 Å². The molecule has 1 atom stereocenters. The van der Waals surface area contributed by atoms with Crippen LogP contribution in [0.5, 0.6) is 0 Å². The molecule has 0 radical (unpaired) electrons. The third-order valence-corrected chi connectivity index (χ3v) is 2.89. The van der Waals surface area contributed by atoms with Crippen molar-refractivity contribution in [2.24, 2.45) is 5.92 Å². The van der Waals surface area contributed by atoms with E-state index in [1.807, 2.05) is 6.92 Å². The van der Waals surface area contributed by atoms with E-state index >= 15 is 0 Å². The maximum absolute atomic E-state index is 11.7. The van der Waals surface area contributed by atoms with Crippen LogP contribution in [0.25, 0.3) is 0 Å². The minimum atomic E-state index is -0.772. The van der Waals surface area contributed by atoms with Gasteiger partial charge in [0.15, 0.2) is 0 Å². The van der Waals surface area contributed by atoms with Crippen LogP contribution < -0.4 is 5.32 Å². The van der Waals surface area contributed by atoms with Crippen molar-refractivity contribution < 1.29 is 14.7 Å². The van der Waals surface area contributed by atoms with Gasteiger partial charge in [-0.15, -0.1) is 0 Å². The van der Waals surface area contributed by atoms with Crippen LogP contribution in [0.4, 0.5) is 0 Å². The molecule has 0 aromatic heterocycles.